The van der Waals surface area contributed by atoms with Gasteiger partial charge in [-0.25, -0.2) is 9.59 Å². The maximum atomic E-state index is 11.6. The van der Waals surface area contributed by atoms with Gasteiger partial charge in [0.2, 0.25) is 0 Å². The predicted molar refractivity (Wildman–Crippen MR) is 72.6 cm³/mol. The van der Waals surface area contributed by atoms with Crippen molar-refractivity contribution in [2.45, 2.75) is 25.7 Å². The molecule has 0 aromatic rings. The SMILES string of the molecule is COC(=O)C1=CC2CCC3C(C(=O)OC)=CC3CCC12. The molecule has 0 aromatic heterocycles. The Morgan fingerprint density at radius 1 is 0.850 bits per heavy atom. The number of carbonyl (C=O) groups excluding carboxylic acids is 2. The van der Waals surface area contributed by atoms with E-state index in [9.17, 15) is 9.59 Å². The van der Waals surface area contributed by atoms with Gasteiger partial charge in [-0.3, -0.25) is 0 Å². The molecular formula is C16H20O4. The second kappa shape index (κ2) is 5.08. The van der Waals surface area contributed by atoms with Crippen molar-refractivity contribution in [3.05, 3.63) is 23.3 Å². The van der Waals surface area contributed by atoms with Crippen LogP contribution in [0, 0.1) is 23.7 Å². The van der Waals surface area contributed by atoms with Crippen LogP contribution in [0.3, 0.4) is 0 Å². The fraction of sp³-hybridized carbons (Fsp3) is 0.625. The maximum absolute atomic E-state index is 11.6. The predicted octanol–water partition coefficient (Wildman–Crippen LogP) is 2.25. The van der Waals surface area contributed by atoms with E-state index >= 15 is 0 Å². The Morgan fingerprint density at radius 3 is 1.60 bits per heavy atom. The lowest BCUT2D eigenvalue weighted by atomic mass is 9.61. The van der Waals surface area contributed by atoms with Crippen molar-refractivity contribution in [2.75, 3.05) is 14.2 Å². The summed E-state index contributed by atoms with van der Waals surface area (Å²) < 4.78 is 9.64. The zero-order valence-corrected chi connectivity index (χ0v) is 11.9. The molecule has 0 aliphatic heterocycles. The highest BCUT2D eigenvalue weighted by molar-refractivity contribution is 5.91. The summed E-state index contributed by atoms with van der Waals surface area (Å²) in [6.45, 7) is 0. The van der Waals surface area contributed by atoms with E-state index in [0.717, 1.165) is 36.8 Å². The van der Waals surface area contributed by atoms with Crippen LogP contribution in [-0.4, -0.2) is 26.2 Å². The molecule has 0 spiro atoms. The zero-order chi connectivity index (χ0) is 14.3. The van der Waals surface area contributed by atoms with Crippen LogP contribution in [0.4, 0.5) is 0 Å². The van der Waals surface area contributed by atoms with Gasteiger partial charge in [-0.05, 0) is 49.4 Å². The van der Waals surface area contributed by atoms with Crippen LogP contribution in [0.5, 0.6) is 0 Å². The molecule has 3 rings (SSSR count). The van der Waals surface area contributed by atoms with Crippen LogP contribution >= 0.6 is 0 Å². The van der Waals surface area contributed by atoms with Crippen molar-refractivity contribution >= 4 is 11.9 Å². The molecule has 1 fully saturated rings. The highest BCUT2D eigenvalue weighted by Crippen LogP contribution is 2.49. The molecule has 3 aliphatic rings. The van der Waals surface area contributed by atoms with E-state index in [4.69, 9.17) is 9.47 Å². The molecule has 3 aliphatic carbocycles. The molecule has 108 valence electrons. The summed E-state index contributed by atoms with van der Waals surface area (Å²) in [7, 11) is 2.87. The molecule has 20 heavy (non-hydrogen) atoms. The molecule has 0 bridgehead atoms. The quantitative estimate of drug-likeness (QED) is 0.726. The Bertz CT molecular complexity index is 457. The summed E-state index contributed by atoms with van der Waals surface area (Å²) in [5.74, 6) is 1.32. The molecule has 4 heteroatoms. The van der Waals surface area contributed by atoms with Gasteiger partial charge in [-0.15, -0.1) is 0 Å². The molecule has 4 atom stereocenters. The highest BCUT2D eigenvalue weighted by Gasteiger charge is 2.43. The second-order valence-corrected chi connectivity index (χ2v) is 5.92. The number of allylic oxidation sites excluding steroid dienone is 2. The van der Waals surface area contributed by atoms with Crippen molar-refractivity contribution < 1.29 is 19.1 Å². The normalized spacial score (nSPS) is 34.7. The lowest BCUT2D eigenvalue weighted by molar-refractivity contribution is -0.138. The van der Waals surface area contributed by atoms with Gasteiger partial charge in [-0.1, -0.05) is 12.2 Å². The first kappa shape index (κ1) is 13.4. The monoisotopic (exact) mass is 276 g/mol. The molecule has 0 heterocycles. The molecule has 4 nitrogen and oxygen atoms in total. The third-order valence-electron chi connectivity index (χ3n) is 5.08. The van der Waals surface area contributed by atoms with Gasteiger partial charge in [0.25, 0.3) is 0 Å². The molecule has 0 aromatic carbocycles. The van der Waals surface area contributed by atoms with Crippen LogP contribution in [0.25, 0.3) is 0 Å². The van der Waals surface area contributed by atoms with Crippen LogP contribution < -0.4 is 0 Å². The average molecular weight is 276 g/mol. The minimum absolute atomic E-state index is 0.178. The lowest BCUT2D eigenvalue weighted by Crippen LogP contribution is -2.37. The summed E-state index contributed by atoms with van der Waals surface area (Å²) in [4.78, 5) is 23.2. The summed E-state index contributed by atoms with van der Waals surface area (Å²) >= 11 is 0. The van der Waals surface area contributed by atoms with E-state index in [-0.39, 0.29) is 11.9 Å². The van der Waals surface area contributed by atoms with Gasteiger partial charge in [0.15, 0.2) is 0 Å². The molecule has 4 unspecified atom stereocenters. The molecule has 0 amide bonds. The van der Waals surface area contributed by atoms with E-state index in [2.05, 4.69) is 12.2 Å². The minimum atomic E-state index is -0.178. The van der Waals surface area contributed by atoms with E-state index in [0.29, 0.717) is 23.7 Å². The average Bonchev–Trinajstić information content (AvgIpc) is 2.42. The fourth-order valence-corrected chi connectivity index (χ4v) is 3.89. The Hall–Kier alpha value is -1.58. The van der Waals surface area contributed by atoms with Gasteiger partial charge >= 0.3 is 11.9 Å². The molecular weight excluding hydrogens is 256 g/mol. The van der Waals surface area contributed by atoms with E-state index in [1.54, 1.807) is 0 Å². The number of esters is 2. The van der Waals surface area contributed by atoms with Crippen LogP contribution in [0.15, 0.2) is 23.3 Å². The smallest absolute Gasteiger partial charge is 0.333 e. The third-order valence-corrected chi connectivity index (χ3v) is 5.08. The van der Waals surface area contributed by atoms with Crippen molar-refractivity contribution in [1.82, 2.24) is 0 Å². The summed E-state index contributed by atoms with van der Waals surface area (Å²) in [5.41, 5.74) is 1.71. The lowest BCUT2D eigenvalue weighted by Gasteiger charge is -2.43. The number of hydrogen-bond acceptors (Lipinski definition) is 4. The van der Waals surface area contributed by atoms with Gasteiger partial charge in [0.1, 0.15) is 0 Å². The Labute approximate surface area is 118 Å². The van der Waals surface area contributed by atoms with Crippen molar-refractivity contribution in [3.8, 4) is 0 Å². The number of methoxy groups -OCH3 is 2. The molecule has 0 radical (unpaired) electrons. The number of ether oxygens (including phenoxy) is 2. The van der Waals surface area contributed by atoms with E-state index in [1.807, 2.05) is 0 Å². The van der Waals surface area contributed by atoms with Crippen LogP contribution in [-0.2, 0) is 19.1 Å². The first-order valence-electron chi connectivity index (χ1n) is 7.25. The Kier molecular flexibility index (Phi) is 3.40. The fourth-order valence-electron chi connectivity index (χ4n) is 3.89. The Morgan fingerprint density at radius 2 is 1.25 bits per heavy atom. The number of rotatable bonds is 2. The summed E-state index contributed by atoms with van der Waals surface area (Å²) in [6, 6.07) is 0. The van der Waals surface area contributed by atoms with E-state index in [1.165, 1.54) is 14.2 Å². The third kappa shape index (κ3) is 1.98. The van der Waals surface area contributed by atoms with Crippen molar-refractivity contribution in [1.29, 1.82) is 0 Å². The second-order valence-electron chi connectivity index (χ2n) is 5.92. The number of carbonyl (C=O) groups is 2. The zero-order valence-electron chi connectivity index (χ0n) is 11.9. The van der Waals surface area contributed by atoms with Crippen molar-refractivity contribution in [3.63, 3.8) is 0 Å². The van der Waals surface area contributed by atoms with Crippen molar-refractivity contribution in [2.24, 2.45) is 23.7 Å². The van der Waals surface area contributed by atoms with Gasteiger partial charge in [-0.2, -0.15) is 0 Å². The van der Waals surface area contributed by atoms with E-state index < -0.39 is 0 Å². The molecule has 1 saturated carbocycles. The standard InChI is InChI=1S/C16H20O4/c1-19-15(17)13-7-9-4-6-12-10(3-5-11(9)13)8-14(12)16(18)20-2/h7-12H,3-6H2,1-2H3. The molecule has 0 saturated heterocycles. The van der Waals surface area contributed by atoms with Crippen LogP contribution in [0.2, 0.25) is 0 Å². The maximum Gasteiger partial charge on any atom is 0.333 e. The summed E-state index contributed by atoms with van der Waals surface area (Å²) in [5, 5.41) is 0. The largest absolute Gasteiger partial charge is 0.466 e. The highest BCUT2D eigenvalue weighted by atomic mass is 16.5. The van der Waals surface area contributed by atoms with Gasteiger partial charge in [0.05, 0.1) is 14.2 Å². The molecule has 0 N–H and O–H groups in total. The number of fused-ring (bicyclic) bond motifs is 2. The summed E-state index contributed by atoms with van der Waals surface area (Å²) in [6.07, 6.45) is 8.21. The first-order valence-corrected chi connectivity index (χ1v) is 7.25. The van der Waals surface area contributed by atoms with Crippen LogP contribution in [0.1, 0.15) is 25.7 Å². The van der Waals surface area contributed by atoms with Gasteiger partial charge < -0.3 is 9.47 Å². The number of hydrogen-bond donors (Lipinski definition) is 0. The first-order chi connectivity index (χ1) is 9.65. The van der Waals surface area contributed by atoms with Gasteiger partial charge in [0, 0.05) is 11.1 Å². The Balaban J connectivity index is 1.67. The minimum Gasteiger partial charge on any atom is -0.466 e. The topological polar surface area (TPSA) is 52.6 Å².